The summed E-state index contributed by atoms with van der Waals surface area (Å²) in [5, 5.41) is 3.18. The Balaban J connectivity index is 1.92. The third-order valence-electron chi connectivity index (χ3n) is 2.87. The van der Waals surface area contributed by atoms with Gasteiger partial charge in [-0.3, -0.25) is 9.78 Å². The third kappa shape index (κ3) is 2.66. The van der Waals surface area contributed by atoms with Crippen molar-refractivity contribution in [3.05, 3.63) is 62.6 Å². The summed E-state index contributed by atoms with van der Waals surface area (Å²) in [6.45, 7) is 0. The van der Waals surface area contributed by atoms with Crippen LogP contribution in [0.4, 0.5) is 5.69 Å². The second-order valence-electron chi connectivity index (χ2n) is 4.28. The van der Waals surface area contributed by atoms with Crippen LogP contribution < -0.4 is 11.1 Å². The van der Waals surface area contributed by atoms with E-state index in [2.05, 4.69) is 10.3 Å². The molecule has 0 bridgehead atoms. The lowest BCUT2D eigenvalue weighted by Gasteiger charge is -2.07. The number of carbonyl (C=O) groups is 1. The Morgan fingerprint density at radius 2 is 2.00 bits per heavy atom. The minimum absolute atomic E-state index is 0.189. The number of anilines is 1. The van der Waals surface area contributed by atoms with Crippen molar-refractivity contribution < 1.29 is 9.21 Å². The van der Waals surface area contributed by atoms with E-state index in [1.165, 1.54) is 0 Å². The smallest absolute Gasteiger partial charge is 0.408 e. The molecule has 0 aliphatic rings. The molecule has 0 radical (unpaired) electrons. The van der Waals surface area contributed by atoms with E-state index in [4.69, 9.17) is 27.6 Å². The van der Waals surface area contributed by atoms with E-state index in [9.17, 15) is 9.59 Å². The van der Waals surface area contributed by atoms with Gasteiger partial charge in [-0.05, 0) is 30.3 Å². The summed E-state index contributed by atoms with van der Waals surface area (Å²) in [6.07, 6.45) is 0. The fourth-order valence-corrected chi connectivity index (χ4v) is 2.29. The molecular weight excluding hydrogens is 315 g/mol. The zero-order valence-corrected chi connectivity index (χ0v) is 12.0. The Morgan fingerprint density at radius 1 is 1.19 bits per heavy atom. The number of benzene rings is 2. The average Bonchev–Trinajstić information content (AvgIpc) is 2.81. The fourth-order valence-electron chi connectivity index (χ4n) is 1.91. The second-order valence-corrected chi connectivity index (χ2v) is 5.07. The van der Waals surface area contributed by atoms with E-state index < -0.39 is 11.7 Å². The molecule has 0 aliphatic heterocycles. The number of hydrogen-bond donors (Lipinski definition) is 2. The van der Waals surface area contributed by atoms with Gasteiger partial charge in [-0.2, -0.15) is 0 Å². The Labute approximate surface area is 128 Å². The SMILES string of the molecule is O=C(Nc1ccc2oc(=O)[nH]c2c1)c1cccc(Cl)c1Cl. The molecule has 2 N–H and O–H groups in total. The second kappa shape index (κ2) is 5.27. The first-order chi connectivity index (χ1) is 10.0. The highest BCUT2D eigenvalue weighted by Gasteiger charge is 2.13. The van der Waals surface area contributed by atoms with Crippen LogP contribution in [0.1, 0.15) is 10.4 Å². The van der Waals surface area contributed by atoms with E-state index in [0.717, 1.165) is 0 Å². The molecule has 0 saturated carbocycles. The van der Waals surface area contributed by atoms with Crippen LogP contribution in [0.5, 0.6) is 0 Å². The number of rotatable bonds is 2. The number of amides is 1. The van der Waals surface area contributed by atoms with E-state index in [-0.39, 0.29) is 10.6 Å². The first kappa shape index (κ1) is 13.7. The largest absolute Gasteiger partial charge is 0.417 e. The molecule has 7 heteroatoms. The molecular formula is C14H8Cl2N2O3. The molecule has 0 fully saturated rings. The molecule has 1 aromatic heterocycles. The van der Waals surface area contributed by atoms with Crippen LogP contribution in [-0.4, -0.2) is 10.9 Å². The maximum absolute atomic E-state index is 12.2. The molecule has 1 amide bonds. The molecule has 0 spiro atoms. The molecule has 106 valence electrons. The van der Waals surface area contributed by atoms with Crippen molar-refractivity contribution in [3.8, 4) is 0 Å². The van der Waals surface area contributed by atoms with Gasteiger partial charge in [-0.1, -0.05) is 29.3 Å². The van der Waals surface area contributed by atoms with E-state index in [1.54, 1.807) is 36.4 Å². The molecule has 0 unspecified atom stereocenters. The lowest BCUT2D eigenvalue weighted by Crippen LogP contribution is -2.12. The van der Waals surface area contributed by atoms with Crippen molar-refractivity contribution in [1.29, 1.82) is 0 Å². The van der Waals surface area contributed by atoms with Crippen LogP contribution in [0, 0.1) is 0 Å². The van der Waals surface area contributed by atoms with Crippen molar-refractivity contribution in [2.45, 2.75) is 0 Å². The average molecular weight is 323 g/mol. The summed E-state index contributed by atoms with van der Waals surface area (Å²) in [7, 11) is 0. The van der Waals surface area contributed by atoms with Gasteiger partial charge in [-0.15, -0.1) is 0 Å². The lowest BCUT2D eigenvalue weighted by atomic mass is 10.2. The maximum Gasteiger partial charge on any atom is 0.417 e. The van der Waals surface area contributed by atoms with Crippen molar-refractivity contribution >= 4 is 45.9 Å². The van der Waals surface area contributed by atoms with Gasteiger partial charge < -0.3 is 9.73 Å². The Bertz CT molecular complexity index is 899. The van der Waals surface area contributed by atoms with E-state index in [0.29, 0.717) is 21.8 Å². The van der Waals surface area contributed by atoms with E-state index >= 15 is 0 Å². The van der Waals surface area contributed by atoms with Gasteiger partial charge in [0, 0.05) is 5.69 Å². The van der Waals surface area contributed by atoms with Crippen molar-refractivity contribution in [2.24, 2.45) is 0 Å². The van der Waals surface area contributed by atoms with Crippen molar-refractivity contribution in [1.82, 2.24) is 4.98 Å². The normalized spacial score (nSPS) is 10.8. The summed E-state index contributed by atoms with van der Waals surface area (Å²) in [6, 6.07) is 9.61. The molecule has 0 saturated heterocycles. The zero-order valence-electron chi connectivity index (χ0n) is 10.4. The minimum Gasteiger partial charge on any atom is -0.408 e. The molecule has 3 aromatic rings. The summed E-state index contributed by atoms with van der Waals surface area (Å²) < 4.78 is 4.88. The number of fused-ring (bicyclic) bond motifs is 1. The molecule has 3 rings (SSSR count). The summed E-state index contributed by atoms with van der Waals surface area (Å²) in [5.74, 6) is -0.945. The van der Waals surface area contributed by atoms with Gasteiger partial charge in [0.1, 0.15) is 0 Å². The van der Waals surface area contributed by atoms with Crippen molar-refractivity contribution in [2.75, 3.05) is 5.32 Å². The first-order valence-corrected chi connectivity index (χ1v) is 6.68. The predicted octanol–water partition coefficient (Wildman–Crippen LogP) is 3.68. The monoisotopic (exact) mass is 322 g/mol. The maximum atomic E-state index is 12.2. The van der Waals surface area contributed by atoms with Gasteiger partial charge in [0.05, 0.1) is 21.1 Å². The highest BCUT2D eigenvalue weighted by molar-refractivity contribution is 6.44. The number of hydrogen-bond acceptors (Lipinski definition) is 3. The molecule has 21 heavy (non-hydrogen) atoms. The van der Waals surface area contributed by atoms with Gasteiger partial charge in [0.2, 0.25) is 0 Å². The van der Waals surface area contributed by atoms with Crippen LogP contribution in [0.15, 0.2) is 45.6 Å². The Hall–Kier alpha value is -2.24. The minimum atomic E-state index is -0.550. The van der Waals surface area contributed by atoms with Gasteiger partial charge in [0.15, 0.2) is 5.58 Å². The molecule has 0 atom stereocenters. The highest BCUT2D eigenvalue weighted by Crippen LogP contribution is 2.26. The van der Waals surface area contributed by atoms with Gasteiger partial charge in [-0.25, -0.2) is 4.79 Å². The van der Waals surface area contributed by atoms with Crippen LogP contribution in [0.25, 0.3) is 11.1 Å². The number of oxazole rings is 1. The van der Waals surface area contributed by atoms with Crippen LogP contribution in [0.3, 0.4) is 0 Å². The molecule has 5 nitrogen and oxygen atoms in total. The number of H-pyrrole nitrogens is 1. The number of halogens is 2. The summed E-state index contributed by atoms with van der Waals surface area (Å²) in [4.78, 5) is 25.8. The summed E-state index contributed by atoms with van der Waals surface area (Å²) >= 11 is 11.9. The Kier molecular flexibility index (Phi) is 3.45. The fraction of sp³-hybridized carbons (Fsp3) is 0. The number of aromatic amines is 1. The van der Waals surface area contributed by atoms with Crippen LogP contribution in [0.2, 0.25) is 10.0 Å². The highest BCUT2D eigenvalue weighted by atomic mass is 35.5. The van der Waals surface area contributed by atoms with Crippen molar-refractivity contribution in [3.63, 3.8) is 0 Å². The number of carbonyl (C=O) groups excluding carboxylic acids is 1. The Morgan fingerprint density at radius 3 is 2.81 bits per heavy atom. The number of aromatic nitrogens is 1. The quantitative estimate of drug-likeness (QED) is 0.755. The van der Waals surface area contributed by atoms with Gasteiger partial charge in [0.25, 0.3) is 5.91 Å². The molecule has 2 aromatic carbocycles. The predicted molar refractivity (Wildman–Crippen MR) is 81.2 cm³/mol. The van der Waals surface area contributed by atoms with E-state index in [1.807, 2.05) is 0 Å². The zero-order chi connectivity index (χ0) is 15.0. The van der Waals surface area contributed by atoms with Crippen LogP contribution >= 0.6 is 23.2 Å². The first-order valence-electron chi connectivity index (χ1n) is 5.93. The lowest BCUT2D eigenvalue weighted by molar-refractivity contribution is 0.102. The van der Waals surface area contributed by atoms with Crippen LogP contribution in [-0.2, 0) is 0 Å². The standard InChI is InChI=1S/C14H8Cl2N2O3/c15-9-3-1-2-8(12(9)16)13(19)17-7-4-5-11-10(6-7)18-14(20)21-11/h1-6H,(H,17,19)(H,18,20). The topological polar surface area (TPSA) is 75.1 Å². The third-order valence-corrected chi connectivity index (χ3v) is 3.69. The molecule has 1 heterocycles. The summed E-state index contributed by atoms with van der Waals surface area (Å²) in [5.41, 5.74) is 1.68. The number of nitrogens with one attached hydrogen (secondary N) is 2. The molecule has 0 aliphatic carbocycles. The van der Waals surface area contributed by atoms with Gasteiger partial charge >= 0.3 is 5.76 Å².